The Labute approximate surface area is 149 Å². The van der Waals surface area contributed by atoms with E-state index in [1.54, 1.807) is 0 Å². The minimum atomic E-state index is -4.53. The Morgan fingerprint density at radius 1 is 1.04 bits per heavy atom. The smallest absolute Gasteiger partial charge is 0.385 e. The van der Waals surface area contributed by atoms with Gasteiger partial charge in [0.2, 0.25) is 0 Å². The van der Waals surface area contributed by atoms with Gasteiger partial charge in [-0.15, -0.1) is 0 Å². The molecule has 2 aromatic rings. The molecule has 0 spiro atoms. The van der Waals surface area contributed by atoms with Crippen molar-refractivity contribution in [2.24, 2.45) is 0 Å². The van der Waals surface area contributed by atoms with E-state index in [1.165, 1.54) is 17.7 Å². The largest absolute Gasteiger partial charge is 0.417 e. The Morgan fingerprint density at radius 3 is 2.28 bits per heavy atom. The molecule has 25 heavy (non-hydrogen) atoms. The number of alkyl halides is 3. The van der Waals surface area contributed by atoms with Gasteiger partial charge in [0.25, 0.3) is 0 Å². The summed E-state index contributed by atoms with van der Waals surface area (Å²) in [6.45, 7) is 2.01. The summed E-state index contributed by atoms with van der Waals surface area (Å²) in [4.78, 5) is 2.20. The van der Waals surface area contributed by atoms with Gasteiger partial charge in [-0.2, -0.15) is 13.2 Å². The lowest BCUT2D eigenvalue weighted by atomic mass is 9.83. The molecule has 134 valence electrons. The average molecular weight is 370 g/mol. The van der Waals surface area contributed by atoms with Crippen LogP contribution in [0.4, 0.5) is 13.2 Å². The van der Waals surface area contributed by atoms with Gasteiger partial charge in [0.05, 0.1) is 16.2 Å². The molecule has 1 aliphatic rings. The fraction of sp³-hybridized carbons (Fsp3) is 0.368. The second kappa shape index (κ2) is 6.98. The van der Waals surface area contributed by atoms with Crippen LogP contribution in [0.1, 0.15) is 29.5 Å². The first-order chi connectivity index (χ1) is 11.8. The van der Waals surface area contributed by atoms with Crippen LogP contribution in [0, 0.1) is 0 Å². The lowest BCUT2D eigenvalue weighted by molar-refractivity contribution is -0.137. The second-order valence-electron chi connectivity index (χ2n) is 6.49. The highest BCUT2D eigenvalue weighted by Gasteiger charge is 2.38. The minimum absolute atomic E-state index is 0.281. The maximum Gasteiger partial charge on any atom is 0.417 e. The molecule has 0 atom stereocenters. The summed E-state index contributed by atoms with van der Waals surface area (Å²) in [6.07, 6.45) is -3.75. The van der Waals surface area contributed by atoms with Gasteiger partial charge < -0.3 is 5.11 Å². The van der Waals surface area contributed by atoms with Crippen LogP contribution in [0.2, 0.25) is 5.02 Å². The molecule has 1 saturated heterocycles. The maximum atomic E-state index is 13.1. The molecule has 0 radical (unpaired) electrons. The standard InChI is InChI=1S/C19H19ClF3NO/c20-17-7-6-15(12-16(17)19(21,22)23)18(25)8-10-24(11-9-18)13-14-4-2-1-3-5-14/h1-7,12,25H,8-11,13H2. The van der Waals surface area contributed by atoms with Crippen molar-refractivity contribution in [1.29, 1.82) is 0 Å². The van der Waals surface area contributed by atoms with Crippen LogP contribution < -0.4 is 0 Å². The van der Waals surface area contributed by atoms with Gasteiger partial charge in [0, 0.05) is 19.6 Å². The number of rotatable bonds is 3. The van der Waals surface area contributed by atoms with E-state index in [9.17, 15) is 18.3 Å². The van der Waals surface area contributed by atoms with E-state index in [-0.39, 0.29) is 10.6 Å². The van der Waals surface area contributed by atoms with E-state index >= 15 is 0 Å². The molecular formula is C19H19ClF3NO. The maximum absolute atomic E-state index is 13.1. The van der Waals surface area contributed by atoms with Gasteiger partial charge in [0.1, 0.15) is 0 Å². The summed E-state index contributed by atoms with van der Waals surface area (Å²) >= 11 is 5.67. The quantitative estimate of drug-likeness (QED) is 0.836. The summed E-state index contributed by atoms with van der Waals surface area (Å²) in [5, 5.41) is 10.5. The third kappa shape index (κ3) is 4.17. The van der Waals surface area contributed by atoms with Gasteiger partial charge in [-0.05, 0) is 36.1 Å². The number of likely N-dealkylation sites (tertiary alicyclic amines) is 1. The van der Waals surface area contributed by atoms with Crippen molar-refractivity contribution in [3.63, 3.8) is 0 Å². The molecule has 0 aliphatic carbocycles. The number of benzene rings is 2. The normalized spacial score (nSPS) is 18.3. The molecule has 6 heteroatoms. The summed E-state index contributed by atoms with van der Waals surface area (Å²) < 4.78 is 39.2. The Morgan fingerprint density at radius 2 is 1.68 bits per heavy atom. The number of hydrogen-bond donors (Lipinski definition) is 1. The molecule has 0 unspecified atom stereocenters. The molecule has 2 nitrogen and oxygen atoms in total. The van der Waals surface area contributed by atoms with Crippen molar-refractivity contribution in [3.05, 3.63) is 70.2 Å². The Bertz CT molecular complexity index is 725. The van der Waals surface area contributed by atoms with E-state index in [0.717, 1.165) is 12.6 Å². The van der Waals surface area contributed by atoms with Crippen molar-refractivity contribution in [2.75, 3.05) is 13.1 Å². The van der Waals surface area contributed by atoms with Crippen LogP contribution in [0.15, 0.2) is 48.5 Å². The van der Waals surface area contributed by atoms with Crippen molar-refractivity contribution >= 4 is 11.6 Å². The Hall–Kier alpha value is -1.56. The molecule has 1 fully saturated rings. The van der Waals surface area contributed by atoms with E-state index in [2.05, 4.69) is 4.90 Å². The van der Waals surface area contributed by atoms with Gasteiger partial charge in [0.15, 0.2) is 0 Å². The summed E-state index contributed by atoms with van der Waals surface area (Å²) in [6, 6.07) is 13.7. The van der Waals surface area contributed by atoms with Gasteiger partial charge in [-0.3, -0.25) is 4.90 Å². The lowest BCUT2D eigenvalue weighted by Crippen LogP contribution is -2.42. The highest BCUT2D eigenvalue weighted by Crippen LogP contribution is 2.40. The molecule has 0 amide bonds. The summed E-state index contributed by atoms with van der Waals surface area (Å²) in [7, 11) is 0. The van der Waals surface area contributed by atoms with Crippen LogP contribution in [0.5, 0.6) is 0 Å². The number of hydrogen-bond acceptors (Lipinski definition) is 2. The first-order valence-electron chi connectivity index (χ1n) is 8.14. The lowest BCUT2D eigenvalue weighted by Gasteiger charge is -2.38. The summed E-state index contributed by atoms with van der Waals surface area (Å²) in [5.74, 6) is 0. The highest BCUT2D eigenvalue weighted by molar-refractivity contribution is 6.31. The molecule has 0 saturated carbocycles. The van der Waals surface area contributed by atoms with E-state index in [0.29, 0.717) is 25.9 Å². The molecule has 1 aliphatic heterocycles. The van der Waals surface area contributed by atoms with Crippen molar-refractivity contribution in [3.8, 4) is 0 Å². The summed E-state index contributed by atoms with van der Waals surface area (Å²) in [5.41, 5.74) is -0.688. The van der Waals surface area contributed by atoms with Crippen LogP contribution in [0.25, 0.3) is 0 Å². The number of aliphatic hydroxyl groups is 1. The Balaban J connectivity index is 1.72. The topological polar surface area (TPSA) is 23.5 Å². The third-order valence-corrected chi connectivity index (χ3v) is 5.07. The zero-order valence-corrected chi connectivity index (χ0v) is 14.3. The minimum Gasteiger partial charge on any atom is -0.385 e. The zero-order chi connectivity index (χ0) is 18.1. The van der Waals surface area contributed by atoms with Crippen LogP contribution in [-0.4, -0.2) is 23.1 Å². The fourth-order valence-corrected chi connectivity index (χ4v) is 3.47. The molecule has 0 bridgehead atoms. The second-order valence-corrected chi connectivity index (χ2v) is 6.89. The van der Waals surface area contributed by atoms with Crippen LogP contribution in [-0.2, 0) is 18.3 Å². The molecule has 1 N–H and O–H groups in total. The van der Waals surface area contributed by atoms with Crippen LogP contribution >= 0.6 is 11.6 Å². The van der Waals surface area contributed by atoms with E-state index in [4.69, 9.17) is 11.6 Å². The van der Waals surface area contributed by atoms with Crippen molar-refractivity contribution in [2.45, 2.75) is 31.2 Å². The van der Waals surface area contributed by atoms with E-state index in [1.807, 2.05) is 30.3 Å². The molecule has 3 rings (SSSR count). The number of nitrogens with zero attached hydrogens (tertiary/aromatic N) is 1. The Kier molecular flexibility index (Phi) is 5.09. The predicted molar refractivity (Wildman–Crippen MR) is 91.3 cm³/mol. The van der Waals surface area contributed by atoms with Crippen molar-refractivity contribution in [1.82, 2.24) is 4.90 Å². The molecular weight excluding hydrogens is 351 g/mol. The highest BCUT2D eigenvalue weighted by atomic mass is 35.5. The molecule has 1 heterocycles. The number of piperidine rings is 1. The van der Waals surface area contributed by atoms with Crippen molar-refractivity contribution < 1.29 is 18.3 Å². The molecule has 0 aromatic heterocycles. The average Bonchev–Trinajstić information content (AvgIpc) is 2.57. The monoisotopic (exact) mass is 369 g/mol. The molecule has 2 aromatic carbocycles. The van der Waals surface area contributed by atoms with Gasteiger partial charge >= 0.3 is 6.18 Å². The predicted octanol–water partition coefficient (Wildman–Crippen LogP) is 4.84. The zero-order valence-electron chi connectivity index (χ0n) is 13.6. The van der Waals surface area contributed by atoms with Gasteiger partial charge in [-0.25, -0.2) is 0 Å². The van der Waals surface area contributed by atoms with Gasteiger partial charge in [-0.1, -0.05) is 48.0 Å². The first kappa shape index (κ1) is 18.2. The first-order valence-corrected chi connectivity index (χ1v) is 8.52. The number of halogens is 4. The fourth-order valence-electron chi connectivity index (χ4n) is 3.24. The van der Waals surface area contributed by atoms with E-state index < -0.39 is 17.3 Å². The SMILES string of the molecule is OC1(c2ccc(Cl)c(C(F)(F)F)c2)CCN(Cc2ccccc2)CC1. The van der Waals surface area contributed by atoms with Crippen LogP contribution in [0.3, 0.4) is 0 Å². The third-order valence-electron chi connectivity index (χ3n) is 4.74.